The quantitative estimate of drug-likeness (QED) is 0.0320. The second-order valence-electron chi connectivity index (χ2n) is 23.5. The first kappa shape index (κ1) is 74.1. The van der Waals surface area contributed by atoms with Crippen molar-refractivity contribution in [1.29, 1.82) is 0 Å². The van der Waals surface area contributed by atoms with Gasteiger partial charge < -0.3 is 20.3 Å². The Kier molecular flexibility index (Phi) is 63.9. The zero-order valence-corrected chi connectivity index (χ0v) is 51.3. The van der Waals surface area contributed by atoms with E-state index >= 15 is 0 Å². The minimum atomic E-state index is -0.844. The lowest BCUT2D eigenvalue weighted by molar-refractivity contribution is -0.143. The van der Waals surface area contributed by atoms with Crippen LogP contribution in [0.15, 0.2) is 36.5 Å². The standard InChI is InChI=1S/C70H133NO5/c1-3-5-7-9-11-13-15-17-18-32-35-39-42-46-50-54-58-62-68(73)67(66-72)71-69(74)63-59-55-51-47-43-40-36-33-30-28-26-24-22-20-19-21-23-25-27-29-31-34-37-41-45-49-53-57-61-65-76-70(75)64-60-56-52-48-44-38-16-14-12-10-8-6-4-2/h14,16,19,21,58,62,67-68,72-73H,3-13,15,17-18,20,22-57,59-61,63-66H2,1-2H3,(H,71,74)/b16-14-,21-19-,62-58+. The monoisotopic (exact) mass is 1070 g/mol. The minimum Gasteiger partial charge on any atom is -0.466 e. The van der Waals surface area contributed by atoms with E-state index in [-0.39, 0.29) is 18.5 Å². The molecule has 0 aromatic rings. The Morgan fingerprint density at radius 1 is 0.355 bits per heavy atom. The average Bonchev–Trinajstić information content (AvgIpc) is 3.42. The van der Waals surface area contributed by atoms with E-state index in [9.17, 15) is 19.8 Å². The van der Waals surface area contributed by atoms with Crippen LogP contribution in [0.2, 0.25) is 0 Å². The van der Waals surface area contributed by atoms with Gasteiger partial charge in [0.1, 0.15) is 0 Å². The summed E-state index contributed by atoms with van der Waals surface area (Å²) in [4.78, 5) is 24.5. The van der Waals surface area contributed by atoms with Gasteiger partial charge in [-0.2, -0.15) is 0 Å². The van der Waals surface area contributed by atoms with Crippen LogP contribution in [0, 0.1) is 0 Å². The number of hydrogen-bond acceptors (Lipinski definition) is 5. The van der Waals surface area contributed by atoms with Gasteiger partial charge in [-0.05, 0) is 83.5 Å². The van der Waals surface area contributed by atoms with Crippen LogP contribution in [0.4, 0.5) is 0 Å². The van der Waals surface area contributed by atoms with Crippen molar-refractivity contribution in [2.75, 3.05) is 13.2 Å². The highest BCUT2D eigenvalue weighted by molar-refractivity contribution is 5.76. The molecule has 2 atom stereocenters. The van der Waals surface area contributed by atoms with E-state index in [1.54, 1.807) is 6.08 Å². The van der Waals surface area contributed by atoms with Gasteiger partial charge in [-0.3, -0.25) is 9.59 Å². The maximum Gasteiger partial charge on any atom is 0.305 e. The number of rotatable bonds is 64. The summed E-state index contributed by atoms with van der Waals surface area (Å²) in [5, 5.41) is 23.2. The highest BCUT2D eigenvalue weighted by Crippen LogP contribution is 2.18. The molecule has 0 aromatic heterocycles. The predicted molar refractivity (Wildman–Crippen MR) is 333 cm³/mol. The summed E-state index contributed by atoms with van der Waals surface area (Å²) in [5.74, 6) is -0.0576. The summed E-state index contributed by atoms with van der Waals surface area (Å²) in [6.45, 7) is 4.91. The van der Waals surface area contributed by atoms with Gasteiger partial charge in [0.2, 0.25) is 5.91 Å². The van der Waals surface area contributed by atoms with Crippen LogP contribution in [0.5, 0.6) is 0 Å². The minimum absolute atomic E-state index is 0.00709. The molecule has 0 bridgehead atoms. The molecule has 0 saturated carbocycles. The van der Waals surface area contributed by atoms with Gasteiger partial charge in [0.05, 0.1) is 25.4 Å². The third kappa shape index (κ3) is 61.3. The summed E-state index contributed by atoms with van der Waals surface area (Å²) in [7, 11) is 0. The van der Waals surface area contributed by atoms with Crippen molar-refractivity contribution in [3.8, 4) is 0 Å². The number of hydrogen-bond donors (Lipinski definition) is 3. The molecule has 6 heteroatoms. The smallest absolute Gasteiger partial charge is 0.305 e. The largest absolute Gasteiger partial charge is 0.466 e. The maximum absolute atomic E-state index is 12.5. The van der Waals surface area contributed by atoms with Crippen LogP contribution < -0.4 is 5.32 Å². The van der Waals surface area contributed by atoms with Crippen LogP contribution in [0.25, 0.3) is 0 Å². The normalized spacial score (nSPS) is 12.7. The number of carbonyl (C=O) groups is 2. The fourth-order valence-electron chi connectivity index (χ4n) is 10.6. The number of carbonyl (C=O) groups excluding carboxylic acids is 2. The zero-order valence-electron chi connectivity index (χ0n) is 51.3. The molecule has 0 saturated heterocycles. The topological polar surface area (TPSA) is 95.9 Å². The molecule has 0 fully saturated rings. The molecule has 6 nitrogen and oxygen atoms in total. The molecule has 3 N–H and O–H groups in total. The van der Waals surface area contributed by atoms with Crippen LogP contribution >= 0.6 is 0 Å². The summed E-state index contributed by atoms with van der Waals surface area (Å²) in [6, 6.07) is -0.628. The second kappa shape index (κ2) is 65.6. The van der Waals surface area contributed by atoms with Crippen molar-refractivity contribution < 1.29 is 24.5 Å². The van der Waals surface area contributed by atoms with E-state index in [4.69, 9.17) is 4.74 Å². The molecule has 0 aliphatic heterocycles. The maximum atomic E-state index is 12.5. The molecule has 448 valence electrons. The highest BCUT2D eigenvalue weighted by atomic mass is 16.5. The van der Waals surface area contributed by atoms with E-state index in [0.29, 0.717) is 19.4 Å². The van der Waals surface area contributed by atoms with Crippen LogP contribution in [0.3, 0.4) is 0 Å². The van der Waals surface area contributed by atoms with Crippen molar-refractivity contribution in [2.45, 2.75) is 386 Å². The number of esters is 1. The number of nitrogens with one attached hydrogen (secondary N) is 1. The molecule has 0 aliphatic carbocycles. The molecule has 0 heterocycles. The fourth-order valence-corrected chi connectivity index (χ4v) is 10.6. The van der Waals surface area contributed by atoms with Gasteiger partial charge in [-0.25, -0.2) is 0 Å². The van der Waals surface area contributed by atoms with Gasteiger partial charge in [0, 0.05) is 12.8 Å². The van der Waals surface area contributed by atoms with Crippen LogP contribution in [0.1, 0.15) is 373 Å². The summed E-state index contributed by atoms with van der Waals surface area (Å²) in [6.07, 6.45) is 83.6. The SMILES string of the molecule is CCCCCC/C=C\CCCCCCCC(=O)OCCCCCCCCCCCCCC/C=C\CCCCCCCCCCCCCCCC(=O)NC(CO)C(O)/C=C/CCCCCCCCCCCCCCCCC. The summed E-state index contributed by atoms with van der Waals surface area (Å²) in [5.41, 5.74) is 0. The summed E-state index contributed by atoms with van der Waals surface area (Å²) < 4.78 is 5.48. The number of amides is 1. The van der Waals surface area contributed by atoms with E-state index < -0.39 is 12.1 Å². The summed E-state index contributed by atoms with van der Waals surface area (Å²) >= 11 is 0. The van der Waals surface area contributed by atoms with Gasteiger partial charge in [-0.15, -0.1) is 0 Å². The van der Waals surface area contributed by atoms with Gasteiger partial charge in [-0.1, -0.05) is 314 Å². The molecule has 0 aliphatic rings. The Bertz CT molecular complexity index is 1230. The lowest BCUT2D eigenvalue weighted by Gasteiger charge is -2.20. The van der Waals surface area contributed by atoms with Crippen molar-refractivity contribution in [2.24, 2.45) is 0 Å². The molecule has 76 heavy (non-hydrogen) atoms. The third-order valence-corrected chi connectivity index (χ3v) is 15.9. The van der Waals surface area contributed by atoms with E-state index in [0.717, 1.165) is 44.9 Å². The van der Waals surface area contributed by atoms with Crippen molar-refractivity contribution in [3.05, 3.63) is 36.5 Å². The van der Waals surface area contributed by atoms with E-state index in [2.05, 4.69) is 43.5 Å². The molecule has 0 spiro atoms. The number of unbranched alkanes of at least 4 members (excludes halogenated alkanes) is 49. The Hall–Kier alpha value is -1.92. The molecular weight excluding hydrogens is 935 g/mol. The Labute approximate surface area is 474 Å². The molecule has 1 amide bonds. The highest BCUT2D eigenvalue weighted by Gasteiger charge is 2.18. The Morgan fingerprint density at radius 2 is 0.618 bits per heavy atom. The molecule has 2 unspecified atom stereocenters. The molecule has 0 rings (SSSR count). The van der Waals surface area contributed by atoms with Crippen molar-refractivity contribution in [1.82, 2.24) is 5.32 Å². The second-order valence-corrected chi connectivity index (χ2v) is 23.5. The van der Waals surface area contributed by atoms with Crippen molar-refractivity contribution >= 4 is 11.9 Å². The fraction of sp³-hybridized carbons (Fsp3) is 0.886. The Balaban J connectivity index is 3.40. The Morgan fingerprint density at radius 3 is 0.947 bits per heavy atom. The lowest BCUT2D eigenvalue weighted by Crippen LogP contribution is -2.45. The first-order valence-corrected chi connectivity index (χ1v) is 34.3. The average molecular weight is 1070 g/mol. The lowest BCUT2D eigenvalue weighted by atomic mass is 10.0. The van der Waals surface area contributed by atoms with Crippen LogP contribution in [-0.4, -0.2) is 47.4 Å². The molecule has 0 radical (unpaired) electrons. The van der Waals surface area contributed by atoms with Crippen LogP contribution in [-0.2, 0) is 14.3 Å². The molecule has 0 aromatic carbocycles. The number of ether oxygens (including phenoxy) is 1. The van der Waals surface area contributed by atoms with Crippen molar-refractivity contribution in [3.63, 3.8) is 0 Å². The van der Waals surface area contributed by atoms with Gasteiger partial charge in [0.15, 0.2) is 0 Å². The van der Waals surface area contributed by atoms with Gasteiger partial charge in [0.25, 0.3) is 0 Å². The third-order valence-electron chi connectivity index (χ3n) is 15.9. The number of aliphatic hydroxyl groups is 2. The first-order valence-electron chi connectivity index (χ1n) is 34.3. The first-order chi connectivity index (χ1) is 37.5. The van der Waals surface area contributed by atoms with E-state index in [1.165, 1.54) is 302 Å². The van der Waals surface area contributed by atoms with E-state index in [1.807, 2.05) is 6.08 Å². The zero-order chi connectivity index (χ0) is 55.0. The predicted octanol–water partition coefficient (Wildman–Crippen LogP) is 21.9. The van der Waals surface area contributed by atoms with Gasteiger partial charge >= 0.3 is 5.97 Å². The molecular formula is C70H133NO5. The number of aliphatic hydroxyl groups excluding tert-OH is 2. The number of allylic oxidation sites excluding steroid dienone is 5.